The molecule has 0 radical (unpaired) electrons. The zero-order valence-corrected chi connectivity index (χ0v) is 18.0. The number of carbonyl (C=O) groups is 2. The molecule has 0 bridgehead atoms. The smallest absolute Gasteiger partial charge is 0.225 e. The highest BCUT2D eigenvalue weighted by Gasteiger charge is 2.27. The van der Waals surface area contributed by atoms with Crippen LogP contribution in [-0.2, 0) is 11.2 Å². The number of rotatable bonds is 4. The maximum absolute atomic E-state index is 12.1. The maximum atomic E-state index is 12.1. The average molecular weight is 408 g/mol. The van der Waals surface area contributed by atoms with Gasteiger partial charge in [0, 0.05) is 22.3 Å². The fourth-order valence-corrected chi connectivity index (χ4v) is 4.46. The van der Waals surface area contributed by atoms with Gasteiger partial charge in [0.05, 0.1) is 11.4 Å². The maximum Gasteiger partial charge on any atom is 0.225 e. The number of amides is 1. The number of nitrogens with one attached hydrogen (secondary N) is 1. The third kappa shape index (κ3) is 3.92. The number of hydrogen-bond acceptors (Lipinski definition) is 4. The fourth-order valence-electron chi connectivity index (χ4n) is 3.57. The topological polar surface area (TPSA) is 55.4 Å². The first-order chi connectivity index (χ1) is 13.7. The van der Waals surface area contributed by atoms with Crippen molar-refractivity contribution in [3.63, 3.8) is 0 Å². The van der Waals surface area contributed by atoms with Crippen LogP contribution in [0.4, 0.5) is 0 Å². The summed E-state index contributed by atoms with van der Waals surface area (Å²) in [6, 6.07) is 14.4. The second-order valence-electron chi connectivity index (χ2n) is 8.60. The van der Waals surface area contributed by atoms with Crippen LogP contribution in [0.5, 0.6) is 5.75 Å². The largest absolute Gasteiger partial charge is 0.488 e. The first-order valence-electron chi connectivity index (χ1n) is 9.84. The minimum atomic E-state index is -0.404. The van der Waals surface area contributed by atoms with E-state index in [0.29, 0.717) is 6.54 Å². The van der Waals surface area contributed by atoms with Gasteiger partial charge >= 0.3 is 0 Å². The SMILES string of the molecule is CC(=O)c1ccc(-c2ccc3c4c(ccc3c2)O[C@@H](CNC(=O)C(C)(C)C)C4)s1. The normalized spacial score (nSPS) is 15.8. The first-order valence-corrected chi connectivity index (χ1v) is 10.7. The average Bonchev–Trinajstić information content (AvgIpc) is 3.31. The number of fused-ring (bicyclic) bond motifs is 3. The van der Waals surface area contributed by atoms with Gasteiger partial charge < -0.3 is 10.1 Å². The van der Waals surface area contributed by atoms with Gasteiger partial charge in [0.15, 0.2) is 5.78 Å². The third-order valence-electron chi connectivity index (χ3n) is 5.22. The molecule has 5 heteroatoms. The van der Waals surface area contributed by atoms with E-state index in [1.54, 1.807) is 6.92 Å². The van der Waals surface area contributed by atoms with Crippen LogP contribution in [0.15, 0.2) is 42.5 Å². The number of thiophene rings is 1. The molecule has 0 aliphatic carbocycles. The van der Waals surface area contributed by atoms with Crippen LogP contribution >= 0.6 is 11.3 Å². The molecule has 0 saturated heterocycles. The van der Waals surface area contributed by atoms with Gasteiger partial charge in [-0.3, -0.25) is 9.59 Å². The molecule has 3 aromatic rings. The number of hydrogen-bond donors (Lipinski definition) is 1. The van der Waals surface area contributed by atoms with Crippen molar-refractivity contribution in [1.29, 1.82) is 0 Å². The van der Waals surface area contributed by atoms with E-state index in [1.165, 1.54) is 22.3 Å². The molecule has 2 heterocycles. The van der Waals surface area contributed by atoms with Gasteiger partial charge in [-0.2, -0.15) is 0 Å². The number of carbonyl (C=O) groups excluding carboxylic acids is 2. The molecule has 1 N–H and O–H groups in total. The summed E-state index contributed by atoms with van der Waals surface area (Å²) in [4.78, 5) is 25.6. The van der Waals surface area contributed by atoms with Crippen molar-refractivity contribution in [3.05, 3.63) is 52.9 Å². The van der Waals surface area contributed by atoms with Gasteiger partial charge in [-0.15, -0.1) is 11.3 Å². The van der Waals surface area contributed by atoms with Crippen molar-refractivity contribution in [1.82, 2.24) is 5.32 Å². The van der Waals surface area contributed by atoms with Crippen LogP contribution in [0.25, 0.3) is 21.2 Å². The molecular weight excluding hydrogens is 382 g/mol. The van der Waals surface area contributed by atoms with Crippen molar-refractivity contribution in [3.8, 4) is 16.2 Å². The fraction of sp³-hybridized carbons (Fsp3) is 0.333. The predicted octanol–water partition coefficient (Wildman–Crippen LogP) is 5.24. The van der Waals surface area contributed by atoms with Gasteiger partial charge in [0.1, 0.15) is 11.9 Å². The minimum Gasteiger partial charge on any atom is -0.488 e. The predicted molar refractivity (Wildman–Crippen MR) is 118 cm³/mol. The molecule has 0 spiro atoms. The molecule has 0 unspecified atom stereocenters. The van der Waals surface area contributed by atoms with Gasteiger partial charge in [-0.1, -0.05) is 39.0 Å². The van der Waals surface area contributed by atoms with E-state index in [1.807, 2.05) is 39.0 Å². The molecule has 150 valence electrons. The Morgan fingerprint density at radius 2 is 1.93 bits per heavy atom. The van der Waals surface area contributed by atoms with Crippen LogP contribution in [0.3, 0.4) is 0 Å². The monoisotopic (exact) mass is 407 g/mol. The van der Waals surface area contributed by atoms with Crippen LogP contribution in [0.2, 0.25) is 0 Å². The molecule has 4 nitrogen and oxygen atoms in total. The van der Waals surface area contributed by atoms with Crippen molar-refractivity contribution < 1.29 is 14.3 Å². The summed E-state index contributed by atoms with van der Waals surface area (Å²) in [7, 11) is 0. The van der Waals surface area contributed by atoms with E-state index in [4.69, 9.17) is 4.74 Å². The van der Waals surface area contributed by atoms with Gasteiger partial charge in [0.2, 0.25) is 5.91 Å². The summed E-state index contributed by atoms with van der Waals surface area (Å²) in [5.41, 5.74) is 1.90. The standard InChI is InChI=1S/C24H25NO3S/c1-14(26)21-9-10-22(29-21)16-5-7-18-15(11-16)6-8-20-19(18)12-17(28-20)13-25-23(27)24(2,3)4/h5-11,17H,12-13H2,1-4H3,(H,25,27)/t17-/m1/s1. The second-order valence-corrected chi connectivity index (χ2v) is 9.69. The van der Waals surface area contributed by atoms with Crippen LogP contribution in [0, 0.1) is 5.41 Å². The Kier molecular flexibility index (Phi) is 4.95. The summed E-state index contributed by atoms with van der Waals surface area (Å²) in [5, 5.41) is 5.33. The van der Waals surface area contributed by atoms with Crippen LogP contribution in [-0.4, -0.2) is 24.3 Å². The lowest BCUT2D eigenvalue weighted by Gasteiger charge is -2.19. The molecule has 1 aliphatic rings. The Bertz CT molecular complexity index is 1110. The van der Waals surface area contributed by atoms with E-state index < -0.39 is 5.41 Å². The quantitative estimate of drug-likeness (QED) is 0.602. The third-order valence-corrected chi connectivity index (χ3v) is 6.46. The highest BCUT2D eigenvalue weighted by atomic mass is 32.1. The molecule has 0 saturated carbocycles. The second kappa shape index (κ2) is 7.30. The number of benzene rings is 2. The zero-order chi connectivity index (χ0) is 20.8. The molecule has 1 atom stereocenters. The van der Waals surface area contributed by atoms with E-state index in [2.05, 4.69) is 29.6 Å². The van der Waals surface area contributed by atoms with Crippen LogP contribution < -0.4 is 10.1 Å². The molecule has 2 aromatic carbocycles. The number of ketones is 1. The van der Waals surface area contributed by atoms with Crippen molar-refractivity contribution in [2.24, 2.45) is 5.41 Å². The molecule has 29 heavy (non-hydrogen) atoms. The lowest BCUT2D eigenvalue weighted by Crippen LogP contribution is -2.40. The molecule has 0 fully saturated rings. The molecule has 1 aromatic heterocycles. The lowest BCUT2D eigenvalue weighted by molar-refractivity contribution is -0.128. The Morgan fingerprint density at radius 3 is 2.62 bits per heavy atom. The number of ether oxygens (including phenoxy) is 1. The molecule has 1 aliphatic heterocycles. The number of Topliss-reactive ketones (excluding diaryl/α,β-unsaturated/α-hetero) is 1. The molecule has 4 rings (SSSR count). The van der Waals surface area contributed by atoms with E-state index in [0.717, 1.165) is 32.9 Å². The highest BCUT2D eigenvalue weighted by molar-refractivity contribution is 7.17. The summed E-state index contributed by atoms with van der Waals surface area (Å²) in [5.74, 6) is 1.03. The zero-order valence-electron chi connectivity index (χ0n) is 17.2. The van der Waals surface area contributed by atoms with Crippen LogP contribution in [0.1, 0.15) is 42.9 Å². The van der Waals surface area contributed by atoms with E-state index >= 15 is 0 Å². The highest BCUT2D eigenvalue weighted by Crippen LogP contribution is 2.37. The minimum absolute atomic E-state index is 0.0347. The summed E-state index contributed by atoms with van der Waals surface area (Å²) in [6.07, 6.45) is 0.737. The van der Waals surface area contributed by atoms with Crippen molar-refractivity contribution in [2.45, 2.75) is 40.2 Å². The summed E-state index contributed by atoms with van der Waals surface area (Å²) in [6.45, 7) is 7.83. The van der Waals surface area contributed by atoms with Gasteiger partial charge in [-0.25, -0.2) is 0 Å². The Morgan fingerprint density at radius 1 is 1.14 bits per heavy atom. The Hall–Kier alpha value is -2.66. The summed E-state index contributed by atoms with van der Waals surface area (Å²) < 4.78 is 6.07. The van der Waals surface area contributed by atoms with Crippen molar-refractivity contribution >= 4 is 33.8 Å². The van der Waals surface area contributed by atoms with E-state index in [9.17, 15) is 9.59 Å². The van der Waals surface area contributed by atoms with Crippen molar-refractivity contribution in [2.75, 3.05) is 6.54 Å². The summed E-state index contributed by atoms with van der Waals surface area (Å²) >= 11 is 1.53. The first kappa shape index (κ1) is 19.6. The molecular formula is C24H25NO3S. The lowest BCUT2D eigenvalue weighted by atomic mass is 9.95. The Balaban J connectivity index is 1.55. The van der Waals surface area contributed by atoms with E-state index in [-0.39, 0.29) is 17.8 Å². The molecule has 1 amide bonds. The van der Waals surface area contributed by atoms with Gasteiger partial charge in [0.25, 0.3) is 0 Å². The van der Waals surface area contributed by atoms with Gasteiger partial charge in [-0.05, 0) is 47.5 Å². The Labute approximate surface area is 174 Å².